The van der Waals surface area contributed by atoms with Gasteiger partial charge in [0.1, 0.15) is 0 Å². The van der Waals surface area contributed by atoms with E-state index in [1.807, 2.05) is 0 Å². The maximum Gasteiger partial charge on any atom is 0.0604 e. The highest BCUT2D eigenvalue weighted by molar-refractivity contribution is 4.91. The smallest absolute Gasteiger partial charge is 0.0604 e. The summed E-state index contributed by atoms with van der Waals surface area (Å²) in [5.41, 5.74) is 0.308. The van der Waals surface area contributed by atoms with E-state index in [1.165, 1.54) is 51.9 Å². The van der Waals surface area contributed by atoms with E-state index in [0.717, 1.165) is 12.5 Å². The minimum atomic E-state index is 0.308. The van der Waals surface area contributed by atoms with E-state index in [9.17, 15) is 0 Å². The standard InChI is InChI=1S/C15H30N2O/c1-4-18-14-7-10-17(15(2,3)11-14)12-13-5-8-16-9-6-13/h13-14,16H,4-12H2,1-3H3. The minimum Gasteiger partial charge on any atom is -0.378 e. The van der Waals surface area contributed by atoms with Crippen LogP contribution in [0, 0.1) is 5.92 Å². The molecule has 2 saturated heterocycles. The molecule has 2 rings (SSSR count). The zero-order valence-corrected chi connectivity index (χ0v) is 12.4. The third-order valence-electron chi connectivity index (χ3n) is 4.64. The van der Waals surface area contributed by atoms with Gasteiger partial charge in [-0.05, 0) is 65.5 Å². The molecule has 3 nitrogen and oxygen atoms in total. The molecule has 1 atom stereocenters. The monoisotopic (exact) mass is 254 g/mol. The molecule has 1 N–H and O–H groups in total. The molecule has 2 aliphatic heterocycles. The average molecular weight is 254 g/mol. The number of hydrogen-bond donors (Lipinski definition) is 1. The van der Waals surface area contributed by atoms with E-state index in [1.54, 1.807) is 0 Å². The van der Waals surface area contributed by atoms with Crippen molar-refractivity contribution in [2.24, 2.45) is 5.92 Å². The SMILES string of the molecule is CCOC1CCN(CC2CCNCC2)C(C)(C)C1. The number of piperidine rings is 2. The van der Waals surface area contributed by atoms with Crippen LogP contribution in [-0.4, -0.2) is 49.3 Å². The van der Waals surface area contributed by atoms with Gasteiger partial charge in [0.15, 0.2) is 0 Å². The third kappa shape index (κ3) is 3.69. The summed E-state index contributed by atoms with van der Waals surface area (Å²) < 4.78 is 5.82. The van der Waals surface area contributed by atoms with E-state index in [0.29, 0.717) is 11.6 Å². The van der Waals surface area contributed by atoms with Crippen molar-refractivity contribution < 1.29 is 4.74 Å². The Morgan fingerprint density at radius 3 is 2.56 bits per heavy atom. The maximum absolute atomic E-state index is 5.82. The predicted molar refractivity (Wildman–Crippen MR) is 75.9 cm³/mol. The molecule has 18 heavy (non-hydrogen) atoms. The molecule has 0 amide bonds. The van der Waals surface area contributed by atoms with Gasteiger partial charge in [-0.25, -0.2) is 0 Å². The molecule has 2 heterocycles. The Balaban J connectivity index is 1.85. The van der Waals surface area contributed by atoms with Gasteiger partial charge in [-0.15, -0.1) is 0 Å². The Morgan fingerprint density at radius 1 is 1.22 bits per heavy atom. The molecule has 0 bridgehead atoms. The molecule has 106 valence electrons. The molecule has 2 fully saturated rings. The van der Waals surface area contributed by atoms with Crippen molar-refractivity contribution in [1.82, 2.24) is 10.2 Å². The van der Waals surface area contributed by atoms with Crippen LogP contribution in [0.3, 0.4) is 0 Å². The number of nitrogens with zero attached hydrogens (tertiary/aromatic N) is 1. The largest absolute Gasteiger partial charge is 0.378 e. The van der Waals surface area contributed by atoms with Crippen LogP contribution in [0.5, 0.6) is 0 Å². The van der Waals surface area contributed by atoms with E-state index >= 15 is 0 Å². The molecule has 0 aliphatic carbocycles. The zero-order valence-electron chi connectivity index (χ0n) is 12.4. The Labute approximate surface area is 112 Å². The van der Waals surface area contributed by atoms with Crippen molar-refractivity contribution in [3.63, 3.8) is 0 Å². The third-order valence-corrected chi connectivity index (χ3v) is 4.64. The van der Waals surface area contributed by atoms with Crippen LogP contribution < -0.4 is 5.32 Å². The van der Waals surface area contributed by atoms with E-state index in [4.69, 9.17) is 4.74 Å². The van der Waals surface area contributed by atoms with Gasteiger partial charge in [0, 0.05) is 25.2 Å². The van der Waals surface area contributed by atoms with Crippen molar-refractivity contribution in [3.8, 4) is 0 Å². The molecule has 0 spiro atoms. The first-order chi connectivity index (χ1) is 8.62. The highest BCUT2D eigenvalue weighted by Crippen LogP contribution is 2.31. The van der Waals surface area contributed by atoms with Crippen LogP contribution in [0.2, 0.25) is 0 Å². The van der Waals surface area contributed by atoms with Crippen molar-refractivity contribution >= 4 is 0 Å². The molecule has 2 aliphatic rings. The number of nitrogens with one attached hydrogen (secondary N) is 1. The summed E-state index contributed by atoms with van der Waals surface area (Å²) in [6.45, 7) is 12.7. The van der Waals surface area contributed by atoms with Gasteiger partial charge in [0.05, 0.1) is 6.10 Å². The Morgan fingerprint density at radius 2 is 1.94 bits per heavy atom. The van der Waals surface area contributed by atoms with E-state index in [2.05, 4.69) is 31.0 Å². The normalized spacial score (nSPS) is 30.5. The summed E-state index contributed by atoms with van der Waals surface area (Å²) in [5, 5.41) is 3.46. The first-order valence-electron chi connectivity index (χ1n) is 7.69. The Kier molecular flexibility index (Phi) is 5.05. The second-order valence-corrected chi connectivity index (χ2v) is 6.52. The van der Waals surface area contributed by atoms with Gasteiger partial charge >= 0.3 is 0 Å². The quantitative estimate of drug-likeness (QED) is 0.833. The highest BCUT2D eigenvalue weighted by Gasteiger charge is 2.36. The first-order valence-corrected chi connectivity index (χ1v) is 7.69. The maximum atomic E-state index is 5.82. The molecule has 3 heteroatoms. The molecule has 0 radical (unpaired) electrons. The molecular formula is C15H30N2O. The van der Waals surface area contributed by atoms with Crippen LogP contribution in [-0.2, 0) is 4.74 Å². The van der Waals surface area contributed by atoms with Crippen LogP contribution in [0.4, 0.5) is 0 Å². The molecule has 1 unspecified atom stereocenters. The number of hydrogen-bond acceptors (Lipinski definition) is 3. The fraction of sp³-hybridized carbons (Fsp3) is 1.00. The van der Waals surface area contributed by atoms with E-state index < -0.39 is 0 Å². The van der Waals surface area contributed by atoms with Crippen molar-refractivity contribution in [1.29, 1.82) is 0 Å². The molecule has 0 aromatic heterocycles. The molecule has 0 aromatic rings. The van der Waals surface area contributed by atoms with Crippen molar-refractivity contribution in [3.05, 3.63) is 0 Å². The second kappa shape index (κ2) is 6.36. The minimum absolute atomic E-state index is 0.308. The van der Waals surface area contributed by atoms with Crippen molar-refractivity contribution in [2.75, 3.05) is 32.8 Å². The van der Waals surface area contributed by atoms with Gasteiger partial charge in [0.2, 0.25) is 0 Å². The summed E-state index contributed by atoms with van der Waals surface area (Å²) in [6.07, 6.45) is 5.58. The lowest BCUT2D eigenvalue weighted by Gasteiger charge is -2.47. The summed E-state index contributed by atoms with van der Waals surface area (Å²) in [5.74, 6) is 0.897. The first kappa shape index (κ1) is 14.3. The lowest BCUT2D eigenvalue weighted by molar-refractivity contribution is -0.0460. The number of ether oxygens (including phenoxy) is 1. The van der Waals surface area contributed by atoms with Crippen LogP contribution in [0.25, 0.3) is 0 Å². The van der Waals surface area contributed by atoms with Crippen LogP contribution in [0.1, 0.15) is 46.5 Å². The van der Waals surface area contributed by atoms with Gasteiger partial charge in [0.25, 0.3) is 0 Å². The Bertz CT molecular complexity index is 249. The van der Waals surface area contributed by atoms with Gasteiger partial charge in [-0.1, -0.05) is 0 Å². The Hall–Kier alpha value is -0.120. The summed E-state index contributed by atoms with van der Waals surface area (Å²) in [6, 6.07) is 0. The molecule has 0 aromatic carbocycles. The highest BCUT2D eigenvalue weighted by atomic mass is 16.5. The van der Waals surface area contributed by atoms with Gasteiger partial charge in [-0.3, -0.25) is 4.90 Å². The van der Waals surface area contributed by atoms with Crippen molar-refractivity contribution in [2.45, 2.75) is 58.1 Å². The fourth-order valence-corrected chi connectivity index (χ4v) is 3.48. The summed E-state index contributed by atoms with van der Waals surface area (Å²) in [4.78, 5) is 2.71. The predicted octanol–water partition coefficient (Wildman–Crippen LogP) is 2.27. The lowest BCUT2D eigenvalue weighted by Crippen LogP contribution is -2.54. The summed E-state index contributed by atoms with van der Waals surface area (Å²) in [7, 11) is 0. The summed E-state index contributed by atoms with van der Waals surface area (Å²) >= 11 is 0. The molecule has 0 saturated carbocycles. The lowest BCUT2D eigenvalue weighted by atomic mass is 9.86. The van der Waals surface area contributed by atoms with E-state index in [-0.39, 0.29) is 0 Å². The van der Waals surface area contributed by atoms with Crippen LogP contribution in [0.15, 0.2) is 0 Å². The average Bonchev–Trinajstić information content (AvgIpc) is 2.34. The molecular weight excluding hydrogens is 224 g/mol. The van der Waals surface area contributed by atoms with Gasteiger partial charge < -0.3 is 10.1 Å². The zero-order chi connectivity index (χ0) is 13.0. The van der Waals surface area contributed by atoms with Gasteiger partial charge in [-0.2, -0.15) is 0 Å². The number of likely N-dealkylation sites (tertiary alicyclic amines) is 1. The fourth-order valence-electron chi connectivity index (χ4n) is 3.48. The topological polar surface area (TPSA) is 24.5 Å². The number of rotatable bonds is 4. The second-order valence-electron chi connectivity index (χ2n) is 6.52. The van der Waals surface area contributed by atoms with Crippen LogP contribution >= 0.6 is 0 Å².